The third-order valence-corrected chi connectivity index (χ3v) is 3.85. The highest BCUT2D eigenvalue weighted by Gasteiger charge is 2.17. The van der Waals surface area contributed by atoms with E-state index in [1.807, 2.05) is 19.9 Å². The van der Waals surface area contributed by atoms with Gasteiger partial charge in [-0.2, -0.15) is 0 Å². The Bertz CT molecular complexity index is 571. The maximum absolute atomic E-state index is 12.5. The summed E-state index contributed by atoms with van der Waals surface area (Å²) < 4.78 is 10.1. The fourth-order valence-electron chi connectivity index (χ4n) is 2.41. The van der Waals surface area contributed by atoms with Crippen LogP contribution in [0.5, 0.6) is 0 Å². The average Bonchev–Trinajstić information content (AvgIpc) is 2.65. The second-order valence-electron chi connectivity index (χ2n) is 6.27. The molecule has 0 radical (unpaired) electrons. The molecule has 0 spiro atoms. The smallest absolute Gasteiger partial charge is 0.307 e. The van der Waals surface area contributed by atoms with Crippen LogP contribution in [0.15, 0.2) is 30.3 Å². The summed E-state index contributed by atoms with van der Waals surface area (Å²) in [6, 6.07) is 8.92. The molecule has 0 fully saturated rings. The van der Waals surface area contributed by atoms with Gasteiger partial charge in [0.15, 0.2) is 5.78 Å². The van der Waals surface area contributed by atoms with Crippen molar-refractivity contribution in [2.24, 2.45) is 0 Å². The first-order valence-corrected chi connectivity index (χ1v) is 8.98. The molecular formula is C20H29NO5. The molecule has 0 atom stereocenters. The van der Waals surface area contributed by atoms with E-state index in [1.165, 1.54) is 7.11 Å². The monoisotopic (exact) mass is 363 g/mol. The van der Waals surface area contributed by atoms with E-state index in [1.54, 1.807) is 29.2 Å². The average molecular weight is 363 g/mol. The Balaban J connectivity index is 2.52. The van der Waals surface area contributed by atoms with Crippen LogP contribution in [0.2, 0.25) is 0 Å². The third-order valence-electron chi connectivity index (χ3n) is 3.85. The summed E-state index contributed by atoms with van der Waals surface area (Å²) >= 11 is 0. The van der Waals surface area contributed by atoms with Gasteiger partial charge in [-0.05, 0) is 20.3 Å². The summed E-state index contributed by atoms with van der Waals surface area (Å²) in [5.41, 5.74) is 0.603. The first-order valence-electron chi connectivity index (χ1n) is 8.98. The lowest BCUT2D eigenvalue weighted by atomic mass is 10.1. The van der Waals surface area contributed by atoms with Crippen molar-refractivity contribution in [1.29, 1.82) is 0 Å². The summed E-state index contributed by atoms with van der Waals surface area (Å²) in [6.07, 6.45) is 1.23. The number of ether oxygens (including phenoxy) is 2. The van der Waals surface area contributed by atoms with Gasteiger partial charge in [0.25, 0.3) is 0 Å². The lowest BCUT2D eigenvalue weighted by Gasteiger charge is -2.22. The highest BCUT2D eigenvalue weighted by molar-refractivity contribution is 5.97. The van der Waals surface area contributed by atoms with Crippen molar-refractivity contribution in [3.05, 3.63) is 35.9 Å². The van der Waals surface area contributed by atoms with Gasteiger partial charge in [0, 0.05) is 38.1 Å². The van der Waals surface area contributed by atoms with Crippen molar-refractivity contribution >= 4 is 17.7 Å². The highest BCUT2D eigenvalue weighted by atomic mass is 16.5. The number of hydrogen-bond donors (Lipinski definition) is 0. The van der Waals surface area contributed by atoms with E-state index in [2.05, 4.69) is 4.74 Å². The summed E-state index contributed by atoms with van der Waals surface area (Å²) in [6.45, 7) is 5.22. The predicted octanol–water partition coefficient (Wildman–Crippen LogP) is 2.86. The van der Waals surface area contributed by atoms with E-state index in [9.17, 15) is 14.4 Å². The summed E-state index contributed by atoms with van der Waals surface area (Å²) in [5, 5.41) is 0. The molecule has 6 heteroatoms. The van der Waals surface area contributed by atoms with E-state index in [0.717, 1.165) is 0 Å². The van der Waals surface area contributed by atoms with Crippen LogP contribution in [-0.4, -0.2) is 55.5 Å². The molecule has 0 unspecified atom stereocenters. The molecule has 0 aliphatic heterocycles. The molecular weight excluding hydrogens is 334 g/mol. The van der Waals surface area contributed by atoms with Crippen LogP contribution in [-0.2, 0) is 19.1 Å². The van der Waals surface area contributed by atoms with Gasteiger partial charge in [-0.3, -0.25) is 14.4 Å². The first kappa shape index (κ1) is 21.8. The molecule has 0 saturated carbocycles. The van der Waals surface area contributed by atoms with Crippen molar-refractivity contribution in [2.75, 3.05) is 26.8 Å². The summed E-state index contributed by atoms with van der Waals surface area (Å²) in [5.74, 6) is -0.556. The number of carbonyl (C=O) groups excluding carboxylic acids is 3. The molecule has 1 rings (SSSR count). The fourth-order valence-corrected chi connectivity index (χ4v) is 2.41. The predicted molar refractivity (Wildman–Crippen MR) is 98.9 cm³/mol. The summed E-state index contributed by atoms with van der Waals surface area (Å²) in [7, 11) is 1.32. The molecule has 0 N–H and O–H groups in total. The number of rotatable bonds is 12. The van der Waals surface area contributed by atoms with Gasteiger partial charge in [-0.25, -0.2) is 0 Å². The fraction of sp³-hybridized carbons (Fsp3) is 0.550. The standard InChI is InChI=1S/C20H29NO5/c1-16(2)26-15-7-13-21(14-12-20(24)25-3)19(23)11-10-18(22)17-8-5-4-6-9-17/h4-6,8-9,16H,7,10-15H2,1-3H3. The van der Waals surface area contributed by atoms with Crippen LogP contribution >= 0.6 is 0 Å². The number of esters is 1. The Labute approximate surface area is 155 Å². The van der Waals surface area contributed by atoms with Crippen molar-refractivity contribution in [2.45, 2.75) is 45.6 Å². The Kier molecular flexibility index (Phi) is 10.2. The largest absolute Gasteiger partial charge is 0.469 e. The minimum Gasteiger partial charge on any atom is -0.469 e. The van der Waals surface area contributed by atoms with Crippen LogP contribution < -0.4 is 0 Å². The van der Waals surface area contributed by atoms with Gasteiger partial charge >= 0.3 is 5.97 Å². The lowest BCUT2D eigenvalue weighted by Crippen LogP contribution is -2.35. The number of methoxy groups -OCH3 is 1. The molecule has 1 aromatic rings. The molecule has 26 heavy (non-hydrogen) atoms. The van der Waals surface area contributed by atoms with Gasteiger partial charge in [0.1, 0.15) is 0 Å². The van der Waals surface area contributed by atoms with Gasteiger partial charge in [0.05, 0.1) is 19.6 Å². The minimum atomic E-state index is -0.360. The van der Waals surface area contributed by atoms with Crippen molar-refractivity contribution in [1.82, 2.24) is 4.90 Å². The van der Waals surface area contributed by atoms with Gasteiger partial charge in [-0.15, -0.1) is 0 Å². The molecule has 0 aliphatic carbocycles. The molecule has 0 saturated heterocycles. The van der Waals surface area contributed by atoms with E-state index >= 15 is 0 Å². The second-order valence-corrected chi connectivity index (χ2v) is 6.27. The van der Waals surface area contributed by atoms with Crippen LogP contribution in [0, 0.1) is 0 Å². The molecule has 6 nitrogen and oxygen atoms in total. The lowest BCUT2D eigenvalue weighted by molar-refractivity contribution is -0.141. The van der Waals surface area contributed by atoms with Crippen molar-refractivity contribution in [3.63, 3.8) is 0 Å². The molecule has 0 aliphatic rings. The van der Waals surface area contributed by atoms with Crippen molar-refractivity contribution < 1.29 is 23.9 Å². The van der Waals surface area contributed by atoms with E-state index in [-0.39, 0.29) is 49.6 Å². The van der Waals surface area contributed by atoms with E-state index in [0.29, 0.717) is 25.1 Å². The van der Waals surface area contributed by atoms with Gasteiger partial charge in [0.2, 0.25) is 5.91 Å². The number of amides is 1. The number of benzene rings is 1. The molecule has 1 aromatic carbocycles. The maximum atomic E-state index is 12.5. The third kappa shape index (κ3) is 8.76. The zero-order valence-corrected chi connectivity index (χ0v) is 15.9. The first-order chi connectivity index (χ1) is 12.4. The second kappa shape index (κ2) is 12.2. The minimum absolute atomic E-state index is 0.0602. The molecule has 144 valence electrons. The number of nitrogens with zero attached hydrogens (tertiary/aromatic N) is 1. The number of hydrogen-bond acceptors (Lipinski definition) is 5. The summed E-state index contributed by atoms with van der Waals surface area (Å²) in [4.78, 5) is 37.6. The number of ketones is 1. The maximum Gasteiger partial charge on any atom is 0.307 e. The normalized spacial score (nSPS) is 10.6. The zero-order valence-electron chi connectivity index (χ0n) is 15.9. The molecule has 0 aromatic heterocycles. The Morgan fingerprint density at radius 1 is 1.00 bits per heavy atom. The van der Waals surface area contributed by atoms with Crippen LogP contribution in [0.25, 0.3) is 0 Å². The number of Topliss-reactive ketones (excluding diaryl/α,β-unsaturated/α-hetero) is 1. The molecule has 0 bridgehead atoms. The van der Waals surface area contributed by atoms with Crippen LogP contribution in [0.1, 0.15) is 49.9 Å². The number of carbonyl (C=O) groups is 3. The topological polar surface area (TPSA) is 72.9 Å². The van der Waals surface area contributed by atoms with Crippen molar-refractivity contribution in [3.8, 4) is 0 Å². The highest BCUT2D eigenvalue weighted by Crippen LogP contribution is 2.08. The Morgan fingerprint density at radius 3 is 2.31 bits per heavy atom. The quantitative estimate of drug-likeness (QED) is 0.324. The van der Waals surface area contributed by atoms with Crippen LogP contribution in [0.4, 0.5) is 0 Å². The SMILES string of the molecule is COC(=O)CCN(CCCOC(C)C)C(=O)CCC(=O)c1ccccc1. The Morgan fingerprint density at radius 2 is 1.69 bits per heavy atom. The van der Waals surface area contributed by atoms with E-state index in [4.69, 9.17) is 4.74 Å². The van der Waals surface area contributed by atoms with Crippen LogP contribution in [0.3, 0.4) is 0 Å². The molecule has 1 amide bonds. The van der Waals surface area contributed by atoms with Gasteiger partial charge < -0.3 is 14.4 Å². The Hall–Kier alpha value is -2.21. The zero-order chi connectivity index (χ0) is 19.4. The molecule has 0 heterocycles. The van der Waals surface area contributed by atoms with Gasteiger partial charge in [-0.1, -0.05) is 30.3 Å². The van der Waals surface area contributed by atoms with E-state index < -0.39 is 0 Å².